The Balaban J connectivity index is 2.94. The van der Waals surface area contributed by atoms with E-state index < -0.39 is 18.0 Å². The number of ether oxygens (including phenoxy) is 2. The van der Waals surface area contributed by atoms with Gasteiger partial charge in [-0.2, -0.15) is 0 Å². The molecule has 0 radical (unpaired) electrons. The topological polar surface area (TPSA) is 97.5 Å². The number of hydrogen-bond donors (Lipinski definition) is 2. The van der Waals surface area contributed by atoms with Crippen LogP contribution in [0.1, 0.15) is 46.0 Å². The number of amides is 1. The molecule has 21 heavy (non-hydrogen) atoms. The smallest absolute Gasteiger partial charge is 0.355 e. The summed E-state index contributed by atoms with van der Waals surface area (Å²) in [5.41, 5.74) is 1.39. The Morgan fingerprint density at radius 3 is 2.38 bits per heavy atom. The van der Waals surface area contributed by atoms with Gasteiger partial charge in [0.25, 0.3) is 5.91 Å². The van der Waals surface area contributed by atoms with E-state index >= 15 is 0 Å². The fourth-order valence-electron chi connectivity index (χ4n) is 1.95. The monoisotopic (exact) mass is 296 g/mol. The third kappa shape index (κ3) is 3.62. The average molecular weight is 296 g/mol. The lowest BCUT2D eigenvalue weighted by atomic mass is 10.1. The van der Waals surface area contributed by atoms with Crippen molar-refractivity contribution in [2.24, 2.45) is 0 Å². The first-order chi connectivity index (χ1) is 9.83. The first-order valence-electron chi connectivity index (χ1n) is 6.59. The van der Waals surface area contributed by atoms with Gasteiger partial charge in [0.05, 0.1) is 12.7 Å². The predicted molar refractivity (Wildman–Crippen MR) is 75.2 cm³/mol. The summed E-state index contributed by atoms with van der Waals surface area (Å²) in [6.07, 6.45) is -0.915. The first kappa shape index (κ1) is 16.7. The Labute approximate surface area is 123 Å². The number of hydrogen-bond acceptors (Lipinski definition) is 5. The lowest BCUT2D eigenvalue weighted by Crippen LogP contribution is -2.35. The van der Waals surface area contributed by atoms with E-state index in [0.717, 1.165) is 0 Å². The van der Waals surface area contributed by atoms with Gasteiger partial charge < -0.3 is 19.8 Å². The highest BCUT2D eigenvalue weighted by Crippen LogP contribution is 2.20. The van der Waals surface area contributed by atoms with E-state index in [1.165, 1.54) is 14.0 Å². The first-order valence-corrected chi connectivity index (χ1v) is 6.59. The van der Waals surface area contributed by atoms with Crippen molar-refractivity contribution in [2.45, 2.75) is 33.8 Å². The molecule has 1 amide bonds. The molecule has 0 bridgehead atoms. The molecule has 1 unspecified atom stereocenters. The number of aromatic amines is 1. The van der Waals surface area contributed by atoms with E-state index in [-0.39, 0.29) is 11.6 Å². The molecule has 0 saturated heterocycles. The lowest BCUT2D eigenvalue weighted by molar-refractivity contribution is -0.128. The van der Waals surface area contributed by atoms with Gasteiger partial charge in [-0.1, -0.05) is 0 Å². The standard InChI is InChI=1S/C14H20N2O5/c1-6-15-12(17)9(4)21-14(19)11-7(2)10(8(3)16-11)13(18)20-5/h9,16H,6H2,1-5H3,(H,15,17). The number of nitrogens with one attached hydrogen (secondary N) is 2. The van der Waals surface area contributed by atoms with Gasteiger partial charge in [0.2, 0.25) is 0 Å². The minimum Gasteiger partial charge on any atom is -0.465 e. The van der Waals surface area contributed by atoms with Crippen LogP contribution in [0.5, 0.6) is 0 Å². The van der Waals surface area contributed by atoms with Gasteiger partial charge in [-0.15, -0.1) is 0 Å². The highest BCUT2D eigenvalue weighted by atomic mass is 16.5. The number of aromatic nitrogens is 1. The van der Waals surface area contributed by atoms with Crippen LogP contribution in [0.4, 0.5) is 0 Å². The zero-order chi connectivity index (χ0) is 16.2. The number of aryl methyl sites for hydroxylation is 1. The van der Waals surface area contributed by atoms with E-state index in [9.17, 15) is 14.4 Å². The normalized spacial score (nSPS) is 11.7. The van der Waals surface area contributed by atoms with Crippen LogP contribution >= 0.6 is 0 Å². The summed E-state index contributed by atoms with van der Waals surface area (Å²) in [7, 11) is 1.27. The Kier molecular flexibility index (Phi) is 5.52. The van der Waals surface area contributed by atoms with Crippen molar-refractivity contribution < 1.29 is 23.9 Å². The summed E-state index contributed by atoms with van der Waals surface area (Å²) in [5.74, 6) is -1.60. The summed E-state index contributed by atoms with van der Waals surface area (Å²) in [5, 5.41) is 2.56. The van der Waals surface area contributed by atoms with Crippen LogP contribution in [0.2, 0.25) is 0 Å². The Morgan fingerprint density at radius 2 is 1.86 bits per heavy atom. The number of methoxy groups -OCH3 is 1. The molecule has 1 aromatic rings. The average Bonchev–Trinajstić information content (AvgIpc) is 2.73. The number of carbonyl (C=O) groups excluding carboxylic acids is 3. The highest BCUT2D eigenvalue weighted by Gasteiger charge is 2.25. The van der Waals surface area contributed by atoms with E-state index in [2.05, 4.69) is 15.0 Å². The van der Waals surface area contributed by atoms with Crippen LogP contribution in [0, 0.1) is 13.8 Å². The van der Waals surface area contributed by atoms with Crippen LogP contribution in [0.3, 0.4) is 0 Å². The third-order valence-corrected chi connectivity index (χ3v) is 3.04. The maximum absolute atomic E-state index is 12.1. The van der Waals surface area contributed by atoms with Gasteiger partial charge in [-0.3, -0.25) is 4.79 Å². The second kappa shape index (κ2) is 6.92. The Hall–Kier alpha value is -2.31. The summed E-state index contributed by atoms with van der Waals surface area (Å²) >= 11 is 0. The minimum absolute atomic E-state index is 0.143. The molecule has 7 nitrogen and oxygen atoms in total. The van der Waals surface area contributed by atoms with E-state index in [1.807, 2.05) is 0 Å². The maximum Gasteiger partial charge on any atom is 0.355 e. The number of esters is 2. The SMILES string of the molecule is CCNC(=O)C(C)OC(=O)c1[nH]c(C)c(C(=O)OC)c1C. The number of rotatable bonds is 5. The molecule has 2 N–H and O–H groups in total. The Bertz CT molecular complexity index is 562. The van der Waals surface area contributed by atoms with Gasteiger partial charge in [0.15, 0.2) is 6.10 Å². The molecular weight excluding hydrogens is 276 g/mol. The van der Waals surface area contributed by atoms with Crippen molar-refractivity contribution in [1.82, 2.24) is 10.3 Å². The molecule has 0 saturated carbocycles. The molecule has 1 atom stereocenters. The van der Waals surface area contributed by atoms with Crippen molar-refractivity contribution in [1.29, 1.82) is 0 Å². The lowest BCUT2D eigenvalue weighted by Gasteiger charge is -2.12. The van der Waals surface area contributed by atoms with E-state index in [0.29, 0.717) is 23.4 Å². The van der Waals surface area contributed by atoms with Gasteiger partial charge in [0, 0.05) is 12.2 Å². The van der Waals surface area contributed by atoms with Gasteiger partial charge in [-0.25, -0.2) is 9.59 Å². The van der Waals surface area contributed by atoms with Crippen molar-refractivity contribution in [2.75, 3.05) is 13.7 Å². The largest absolute Gasteiger partial charge is 0.465 e. The van der Waals surface area contributed by atoms with Crippen molar-refractivity contribution in [3.63, 3.8) is 0 Å². The van der Waals surface area contributed by atoms with Crippen LogP contribution in [-0.2, 0) is 14.3 Å². The van der Waals surface area contributed by atoms with Gasteiger partial charge in [0.1, 0.15) is 5.69 Å². The number of H-pyrrole nitrogens is 1. The molecule has 0 aliphatic carbocycles. The molecule has 0 spiro atoms. The second-order valence-electron chi connectivity index (χ2n) is 4.56. The minimum atomic E-state index is -0.915. The van der Waals surface area contributed by atoms with Crippen molar-refractivity contribution in [3.05, 3.63) is 22.5 Å². The molecule has 0 aliphatic rings. The summed E-state index contributed by atoms with van der Waals surface area (Å²) in [4.78, 5) is 38.1. The molecule has 1 aromatic heterocycles. The molecule has 0 aromatic carbocycles. The van der Waals surface area contributed by atoms with Gasteiger partial charge in [-0.05, 0) is 33.3 Å². The molecule has 1 rings (SSSR count). The highest BCUT2D eigenvalue weighted by molar-refractivity contribution is 5.99. The quantitative estimate of drug-likeness (QED) is 0.793. The number of carbonyl (C=O) groups is 3. The predicted octanol–water partition coefficient (Wildman–Crippen LogP) is 1.10. The van der Waals surface area contributed by atoms with Gasteiger partial charge >= 0.3 is 11.9 Å². The summed E-state index contributed by atoms with van der Waals surface area (Å²) in [6.45, 7) is 6.98. The van der Waals surface area contributed by atoms with Crippen molar-refractivity contribution in [3.8, 4) is 0 Å². The van der Waals surface area contributed by atoms with Crippen molar-refractivity contribution >= 4 is 17.8 Å². The Morgan fingerprint density at radius 1 is 1.24 bits per heavy atom. The van der Waals surface area contributed by atoms with Crippen LogP contribution < -0.4 is 5.32 Å². The van der Waals surface area contributed by atoms with E-state index in [1.54, 1.807) is 20.8 Å². The van der Waals surface area contributed by atoms with Crippen LogP contribution in [0.15, 0.2) is 0 Å². The fourth-order valence-corrected chi connectivity index (χ4v) is 1.95. The molecule has 7 heteroatoms. The van der Waals surface area contributed by atoms with E-state index in [4.69, 9.17) is 4.74 Å². The molecule has 116 valence electrons. The second-order valence-corrected chi connectivity index (χ2v) is 4.56. The molecule has 1 heterocycles. The third-order valence-electron chi connectivity index (χ3n) is 3.04. The zero-order valence-electron chi connectivity index (χ0n) is 12.8. The number of likely N-dealkylation sites (N-methyl/N-ethyl adjacent to an activating group) is 1. The van der Waals surface area contributed by atoms with Crippen LogP contribution in [0.25, 0.3) is 0 Å². The van der Waals surface area contributed by atoms with Crippen LogP contribution in [-0.4, -0.2) is 42.6 Å². The maximum atomic E-state index is 12.1. The zero-order valence-corrected chi connectivity index (χ0v) is 12.8. The summed E-state index contributed by atoms with van der Waals surface area (Å²) < 4.78 is 9.75. The fraction of sp³-hybridized carbons (Fsp3) is 0.500. The molecule has 0 aliphatic heterocycles. The molecule has 0 fully saturated rings. The summed E-state index contributed by atoms with van der Waals surface area (Å²) in [6, 6.07) is 0. The molecular formula is C14H20N2O5.